The average molecular weight is 387 g/mol. The third-order valence-electron chi connectivity index (χ3n) is 5.01. The number of hydrogen-bond acceptors (Lipinski definition) is 4. The second-order valence-corrected chi connectivity index (χ2v) is 6.89. The quantitative estimate of drug-likeness (QED) is 0.483. The fraction of sp³-hybridized carbons (Fsp3) is 0.167. The lowest BCUT2D eigenvalue weighted by Gasteiger charge is -2.19. The van der Waals surface area contributed by atoms with Crippen molar-refractivity contribution in [3.8, 4) is 22.6 Å². The molecule has 0 aromatic heterocycles. The number of nitrogens with zero attached hydrogens (tertiary/aromatic N) is 1. The van der Waals surface area contributed by atoms with Crippen LogP contribution in [0.1, 0.15) is 6.42 Å². The zero-order valence-electron chi connectivity index (χ0n) is 16.1. The molecule has 1 aliphatic heterocycles. The van der Waals surface area contributed by atoms with Crippen molar-refractivity contribution in [1.29, 1.82) is 0 Å². The van der Waals surface area contributed by atoms with Gasteiger partial charge in [0.15, 0.2) is 0 Å². The van der Waals surface area contributed by atoms with E-state index < -0.39 is 11.9 Å². The first-order valence-corrected chi connectivity index (χ1v) is 9.46. The molecule has 0 saturated carbocycles. The summed E-state index contributed by atoms with van der Waals surface area (Å²) in [5, 5.41) is 0. The Morgan fingerprint density at radius 3 is 2.28 bits per heavy atom. The number of carbonyl (C=O) groups excluding carboxylic acids is 2. The van der Waals surface area contributed by atoms with Crippen LogP contribution in [0.25, 0.3) is 11.1 Å². The molecule has 0 spiro atoms. The lowest BCUT2D eigenvalue weighted by molar-refractivity contribution is -0.139. The van der Waals surface area contributed by atoms with Crippen molar-refractivity contribution < 1.29 is 19.1 Å². The fourth-order valence-electron chi connectivity index (χ4n) is 3.50. The number of methoxy groups -OCH3 is 1. The van der Waals surface area contributed by atoms with Crippen LogP contribution in [0.4, 0.5) is 5.69 Å². The standard InChI is InChI=1S/C24H21NO4/c1-28-22-10-6-5-9-21(22)25-16-19(15-23(25)26)24(27)29-20-13-11-18(12-14-20)17-7-3-2-4-8-17/h2-14,19H,15-16H2,1H3/t19-/m1/s1. The number of rotatable bonds is 5. The topological polar surface area (TPSA) is 55.8 Å². The highest BCUT2D eigenvalue weighted by Crippen LogP contribution is 2.33. The van der Waals surface area contributed by atoms with Crippen LogP contribution in [-0.2, 0) is 9.59 Å². The van der Waals surface area contributed by atoms with E-state index >= 15 is 0 Å². The third kappa shape index (κ3) is 3.99. The summed E-state index contributed by atoms with van der Waals surface area (Å²) in [6.07, 6.45) is 0.124. The third-order valence-corrected chi connectivity index (χ3v) is 5.01. The molecule has 0 N–H and O–H groups in total. The van der Waals surface area contributed by atoms with E-state index in [0.717, 1.165) is 11.1 Å². The minimum atomic E-state index is -0.513. The van der Waals surface area contributed by atoms with Crippen molar-refractivity contribution >= 4 is 17.6 Å². The zero-order valence-corrected chi connectivity index (χ0v) is 16.1. The number of amides is 1. The van der Waals surface area contributed by atoms with Gasteiger partial charge in [0, 0.05) is 13.0 Å². The van der Waals surface area contributed by atoms with Crippen LogP contribution in [0, 0.1) is 5.92 Å². The van der Waals surface area contributed by atoms with Crippen LogP contribution >= 0.6 is 0 Å². The second-order valence-electron chi connectivity index (χ2n) is 6.89. The first kappa shape index (κ1) is 18.7. The van der Waals surface area contributed by atoms with Gasteiger partial charge in [0.25, 0.3) is 0 Å². The lowest BCUT2D eigenvalue weighted by Crippen LogP contribution is -2.27. The highest BCUT2D eigenvalue weighted by molar-refractivity contribution is 6.00. The molecule has 4 rings (SSSR count). The van der Waals surface area contributed by atoms with Crippen molar-refractivity contribution in [2.24, 2.45) is 5.92 Å². The van der Waals surface area contributed by atoms with Crippen LogP contribution in [0.3, 0.4) is 0 Å². The first-order valence-electron chi connectivity index (χ1n) is 9.46. The molecule has 5 heteroatoms. The largest absolute Gasteiger partial charge is 0.495 e. The minimum Gasteiger partial charge on any atom is -0.495 e. The molecule has 1 heterocycles. The van der Waals surface area contributed by atoms with Gasteiger partial charge < -0.3 is 14.4 Å². The summed E-state index contributed by atoms with van der Waals surface area (Å²) in [5.41, 5.74) is 2.81. The van der Waals surface area contributed by atoms with Crippen LogP contribution in [0.15, 0.2) is 78.9 Å². The van der Waals surface area contributed by atoms with E-state index in [0.29, 0.717) is 17.2 Å². The molecule has 0 unspecified atom stereocenters. The lowest BCUT2D eigenvalue weighted by atomic mass is 10.1. The molecular weight excluding hydrogens is 366 g/mol. The maximum absolute atomic E-state index is 12.6. The van der Waals surface area contributed by atoms with Gasteiger partial charge in [-0.1, -0.05) is 54.6 Å². The molecule has 29 heavy (non-hydrogen) atoms. The smallest absolute Gasteiger partial charge is 0.316 e. The molecule has 5 nitrogen and oxygen atoms in total. The molecule has 0 radical (unpaired) electrons. The van der Waals surface area contributed by atoms with Crippen molar-refractivity contribution in [1.82, 2.24) is 0 Å². The van der Waals surface area contributed by atoms with E-state index in [9.17, 15) is 9.59 Å². The molecule has 3 aromatic carbocycles. The van der Waals surface area contributed by atoms with E-state index in [1.165, 1.54) is 0 Å². The molecule has 1 saturated heterocycles. The van der Waals surface area contributed by atoms with Crippen molar-refractivity contribution in [3.63, 3.8) is 0 Å². The van der Waals surface area contributed by atoms with E-state index in [-0.39, 0.29) is 18.9 Å². The molecule has 1 fully saturated rings. The highest BCUT2D eigenvalue weighted by Gasteiger charge is 2.37. The summed E-state index contributed by atoms with van der Waals surface area (Å²) in [5.74, 6) is 0.0459. The van der Waals surface area contributed by atoms with Crippen LogP contribution in [0.5, 0.6) is 11.5 Å². The van der Waals surface area contributed by atoms with Crippen LogP contribution in [-0.4, -0.2) is 25.5 Å². The Morgan fingerprint density at radius 2 is 1.55 bits per heavy atom. The summed E-state index contributed by atoms with van der Waals surface area (Å²) in [4.78, 5) is 26.7. The average Bonchev–Trinajstić information content (AvgIpc) is 3.16. The van der Waals surface area contributed by atoms with Crippen molar-refractivity contribution in [2.45, 2.75) is 6.42 Å². The van der Waals surface area contributed by atoms with Crippen LogP contribution < -0.4 is 14.4 Å². The molecule has 1 atom stereocenters. The summed E-state index contributed by atoms with van der Waals surface area (Å²) >= 11 is 0. The van der Waals surface area contributed by atoms with E-state index in [4.69, 9.17) is 9.47 Å². The highest BCUT2D eigenvalue weighted by atomic mass is 16.5. The fourth-order valence-corrected chi connectivity index (χ4v) is 3.50. The predicted molar refractivity (Wildman–Crippen MR) is 111 cm³/mol. The number of carbonyl (C=O) groups is 2. The molecule has 0 aliphatic carbocycles. The Kier molecular flexibility index (Phi) is 5.29. The number of para-hydroxylation sites is 2. The van der Waals surface area contributed by atoms with E-state index in [1.54, 1.807) is 30.2 Å². The zero-order chi connectivity index (χ0) is 20.2. The Balaban J connectivity index is 1.43. The Bertz CT molecular complexity index is 1010. The minimum absolute atomic E-state index is 0.115. The molecule has 146 valence electrons. The number of anilines is 1. The van der Waals surface area contributed by atoms with Gasteiger partial charge in [0.2, 0.25) is 5.91 Å². The van der Waals surface area contributed by atoms with Gasteiger partial charge in [0.05, 0.1) is 18.7 Å². The van der Waals surface area contributed by atoms with Crippen molar-refractivity contribution in [2.75, 3.05) is 18.6 Å². The summed E-state index contributed by atoms with van der Waals surface area (Å²) in [6.45, 7) is 0.278. The maximum atomic E-state index is 12.6. The monoisotopic (exact) mass is 387 g/mol. The summed E-state index contributed by atoms with van der Waals surface area (Å²) < 4.78 is 10.9. The molecule has 1 aliphatic rings. The van der Waals surface area contributed by atoms with E-state index in [1.807, 2.05) is 60.7 Å². The Labute approximate surface area is 169 Å². The maximum Gasteiger partial charge on any atom is 0.316 e. The van der Waals surface area contributed by atoms with Gasteiger partial charge in [-0.15, -0.1) is 0 Å². The summed E-state index contributed by atoms with van der Waals surface area (Å²) in [6, 6.07) is 24.6. The number of esters is 1. The Hall–Kier alpha value is -3.60. The number of hydrogen-bond donors (Lipinski definition) is 0. The van der Waals surface area contributed by atoms with E-state index in [2.05, 4.69) is 0 Å². The van der Waals surface area contributed by atoms with Gasteiger partial charge in [-0.25, -0.2) is 0 Å². The van der Waals surface area contributed by atoms with Gasteiger partial charge in [0.1, 0.15) is 11.5 Å². The molecule has 0 bridgehead atoms. The Morgan fingerprint density at radius 1 is 0.897 bits per heavy atom. The predicted octanol–water partition coefficient (Wildman–Crippen LogP) is 4.32. The first-order chi connectivity index (χ1) is 14.2. The number of ether oxygens (including phenoxy) is 2. The molecule has 3 aromatic rings. The molecule has 1 amide bonds. The normalized spacial score (nSPS) is 16.0. The summed E-state index contributed by atoms with van der Waals surface area (Å²) in [7, 11) is 1.56. The second kappa shape index (κ2) is 8.19. The number of benzene rings is 3. The SMILES string of the molecule is COc1ccccc1N1C[C@H](C(=O)Oc2ccc(-c3ccccc3)cc2)CC1=O. The van der Waals surface area contributed by atoms with Crippen molar-refractivity contribution in [3.05, 3.63) is 78.9 Å². The molecular formula is C24H21NO4. The van der Waals surface area contributed by atoms with Gasteiger partial charge in [-0.3, -0.25) is 9.59 Å². The van der Waals surface area contributed by atoms with Gasteiger partial charge in [-0.2, -0.15) is 0 Å². The van der Waals surface area contributed by atoms with Gasteiger partial charge >= 0.3 is 5.97 Å². The van der Waals surface area contributed by atoms with Gasteiger partial charge in [-0.05, 0) is 35.4 Å². The van der Waals surface area contributed by atoms with Crippen LogP contribution in [0.2, 0.25) is 0 Å².